The Labute approximate surface area is 144 Å². The summed E-state index contributed by atoms with van der Waals surface area (Å²) in [5.74, 6) is 1.54. The molecule has 0 aliphatic carbocycles. The van der Waals surface area contributed by atoms with Crippen molar-refractivity contribution >= 4 is 21.8 Å². The van der Waals surface area contributed by atoms with E-state index in [9.17, 15) is 4.79 Å². The second-order valence-corrected chi connectivity index (χ2v) is 6.22. The maximum absolute atomic E-state index is 12.6. The number of hydrogen-bond acceptors (Lipinski definition) is 3. The molecule has 0 aromatic heterocycles. The summed E-state index contributed by atoms with van der Waals surface area (Å²) in [6.07, 6.45) is 0. The summed E-state index contributed by atoms with van der Waals surface area (Å²) < 4.78 is 12.1. The van der Waals surface area contributed by atoms with Crippen LogP contribution in [0.3, 0.4) is 0 Å². The summed E-state index contributed by atoms with van der Waals surface area (Å²) in [5, 5.41) is 0. The third-order valence-electron chi connectivity index (χ3n) is 3.74. The van der Waals surface area contributed by atoms with E-state index in [0.717, 1.165) is 21.5 Å². The number of amides is 1. The molecule has 2 aromatic rings. The van der Waals surface area contributed by atoms with Gasteiger partial charge in [0.15, 0.2) is 11.5 Å². The van der Waals surface area contributed by atoms with Gasteiger partial charge in [-0.25, -0.2) is 0 Å². The molecule has 0 unspecified atom stereocenters. The van der Waals surface area contributed by atoms with Gasteiger partial charge in [0.05, 0.1) is 0 Å². The molecule has 0 saturated heterocycles. The first-order valence-electron chi connectivity index (χ1n) is 7.60. The number of carbonyl (C=O) groups excluding carboxylic acids is 1. The van der Waals surface area contributed by atoms with Crippen LogP contribution in [0.15, 0.2) is 46.9 Å². The fourth-order valence-corrected chi connectivity index (χ4v) is 2.77. The molecular weight excluding hydrogens is 358 g/mol. The number of ether oxygens (including phenoxy) is 2. The van der Waals surface area contributed by atoms with E-state index < -0.39 is 0 Å². The average Bonchev–Trinajstić information content (AvgIpc) is 2.59. The van der Waals surface area contributed by atoms with E-state index in [0.29, 0.717) is 31.9 Å². The number of benzene rings is 2. The largest absolute Gasteiger partial charge is 0.486 e. The molecule has 5 heteroatoms. The van der Waals surface area contributed by atoms with Gasteiger partial charge < -0.3 is 14.4 Å². The van der Waals surface area contributed by atoms with E-state index in [-0.39, 0.29) is 5.91 Å². The summed E-state index contributed by atoms with van der Waals surface area (Å²) in [6.45, 7) is 4.31. The molecule has 0 bridgehead atoms. The Kier molecular flexibility index (Phi) is 4.86. The Balaban J connectivity index is 1.76. The number of halogens is 1. The molecular formula is C18H18BrNO3. The van der Waals surface area contributed by atoms with Crippen LogP contribution >= 0.6 is 15.9 Å². The summed E-state index contributed by atoms with van der Waals surface area (Å²) in [6, 6.07) is 13.3. The van der Waals surface area contributed by atoms with E-state index >= 15 is 0 Å². The van der Waals surface area contributed by atoms with Crippen molar-refractivity contribution in [3.63, 3.8) is 0 Å². The first-order chi connectivity index (χ1) is 11.2. The molecule has 0 saturated carbocycles. The fourth-order valence-electron chi connectivity index (χ4n) is 2.51. The quantitative estimate of drug-likeness (QED) is 0.813. The average molecular weight is 376 g/mol. The van der Waals surface area contributed by atoms with Crippen LogP contribution in [0.5, 0.6) is 11.5 Å². The lowest BCUT2D eigenvalue weighted by atomic mass is 10.1. The zero-order valence-electron chi connectivity index (χ0n) is 12.9. The van der Waals surface area contributed by atoms with Crippen LogP contribution in [0.2, 0.25) is 0 Å². The van der Waals surface area contributed by atoms with Gasteiger partial charge in [0, 0.05) is 23.1 Å². The van der Waals surface area contributed by atoms with Gasteiger partial charge in [-0.05, 0) is 48.9 Å². The van der Waals surface area contributed by atoms with Crippen molar-refractivity contribution < 1.29 is 14.3 Å². The van der Waals surface area contributed by atoms with E-state index in [1.54, 1.807) is 0 Å². The summed E-state index contributed by atoms with van der Waals surface area (Å²) in [7, 11) is 0. The van der Waals surface area contributed by atoms with E-state index in [2.05, 4.69) is 15.9 Å². The van der Waals surface area contributed by atoms with Crippen LogP contribution in [-0.4, -0.2) is 30.6 Å². The monoisotopic (exact) mass is 375 g/mol. The molecule has 120 valence electrons. The zero-order valence-corrected chi connectivity index (χ0v) is 14.5. The van der Waals surface area contributed by atoms with Crippen molar-refractivity contribution in [1.82, 2.24) is 4.90 Å². The van der Waals surface area contributed by atoms with Crippen LogP contribution in [0.25, 0.3) is 0 Å². The van der Waals surface area contributed by atoms with Crippen molar-refractivity contribution in [3.05, 3.63) is 58.1 Å². The van der Waals surface area contributed by atoms with Gasteiger partial charge in [-0.1, -0.05) is 22.0 Å². The number of rotatable bonds is 4. The van der Waals surface area contributed by atoms with Gasteiger partial charge in [0.25, 0.3) is 5.91 Å². The predicted octanol–water partition coefficient (Wildman–Crippen LogP) is 3.88. The highest BCUT2D eigenvalue weighted by Crippen LogP contribution is 2.31. The highest BCUT2D eigenvalue weighted by molar-refractivity contribution is 9.10. The van der Waals surface area contributed by atoms with Crippen LogP contribution in [0, 0.1) is 0 Å². The van der Waals surface area contributed by atoms with Crippen LogP contribution < -0.4 is 9.47 Å². The van der Waals surface area contributed by atoms with Gasteiger partial charge in [-0.15, -0.1) is 0 Å². The van der Waals surface area contributed by atoms with E-state index in [4.69, 9.17) is 9.47 Å². The summed E-state index contributed by atoms with van der Waals surface area (Å²) >= 11 is 3.39. The minimum atomic E-state index is 0.0230. The third-order valence-corrected chi connectivity index (χ3v) is 4.27. The molecule has 0 N–H and O–H groups in total. The van der Waals surface area contributed by atoms with Crippen LogP contribution in [0.4, 0.5) is 0 Å². The molecule has 0 fully saturated rings. The number of fused-ring (bicyclic) bond motifs is 1. The SMILES string of the molecule is CCN(Cc1ccc2c(c1)OCCO2)C(=O)c1ccc(Br)cc1. The molecule has 0 atom stereocenters. The maximum atomic E-state index is 12.6. The van der Waals surface area contributed by atoms with Gasteiger partial charge in [0.1, 0.15) is 13.2 Å². The molecule has 0 spiro atoms. The molecule has 1 amide bonds. The summed E-state index contributed by atoms with van der Waals surface area (Å²) in [5.41, 5.74) is 1.72. The zero-order chi connectivity index (χ0) is 16.2. The lowest BCUT2D eigenvalue weighted by Gasteiger charge is -2.23. The Hall–Kier alpha value is -2.01. The molecule has 23 heavy (non-hydrogen) atoms. The second-order valence-electron chi connectivity index (χ2n) is 5.30. The van der Waals surface area contributed by atoms with Crippen molar-refractivity contribution in [2.45, 2.75) is 13.5 Å². The normalized spacial score (nSPS) is 12.8. The molecule has 1 heterocycles. The first kappa shape index (κ1) is 15.9. The number of carbonyl (C=O) groups is 1. The van der Waals surface area contributed by atoms with Crippen molar-refractivity contribution in [3.8, 4) is 11.5 Å². The van der Waals surface area contributed by atoms with Crippen molar-refractivity contribution in [1.29, 1.82) is 0 Å². The molecule has 1 aliphatic rings. The molecule has 2 aromatic carbocycles. The topological polar surface area (TPSA) is 38.8 Å². The lowest BCUT2D eigenvalue weighted by Crippen LogP contribution is -2.30. The first-order valence-corrected chi connectivity index (χ1v) is 8.40. The number of nitrogens with zero attached hydrogens (tertiary/aromatic N) is 1. The smallest absolute Gasteiger partial charge is 0.254 e. The van der Waals surface area contributed by atoms with Gasteiger partial charge in [-0.3, -0.25) is 4.79 Å². The van der Waals surface area contributed by atoms with E-state index in [1.807, 2.05) is 54.3 Å². The van der Waals surface area contributed by atoms with Crippen molar-refractivity contribution in [2.75, 3.05) is 19.8 Å². The van der Waals surface area contributed by atoms with Crippen molar-refractivity contribution in [2.24, 2.45) is 0 Å². The Bertz CT molecular complexity index is 700. The Morgan fingerprint density at radius 1 is 1.09 bits per heavy atom. The predicted molar refractivity (Wildman–Crippen MR) is 92.0 cm³/mol. The molecule has 4 nitrogen and oxygen atoms in total. The van der Waals surface area contributed by atoms with Gasteiger partial charge in [-0.2, -0.15) is 0 Å². The minimum absolute atomic E-state index is 0.0230. The van der Waals surface area contributed by atoms with Gasteiger partial charge >= 0.3 is 0 Å². The van der Waals surface area contributed by atoms with Crippen LogP contribution in [-0.2, 0) is 6.54 Å². The highest BCUT2D eigenvalue weighted by atomic mass is 79.9. The molecule has 0 radical (unpaired) electrons. The standard InChI is InChI=1S/C18H18BrNO3/c1-2-20(18(21)14-4-6-15(19)7-5-14)12-13-3-8-16-17(11-13)23-10-9-22-16/h3-8,11H,2,9-10,12H2,1H3. The molecule has 3 rings (SSSR count). The van der Waals surface area contributed by atoms with E-state index in [1.165, 1.54) is 0 Å². The lowest BCUT2D eigenvalue weighted by molar-refractivity contribution is 0.0752. The Morgan fingerprint density at radius 2 is 1.78 bits per heavy atom. The highest BCUT2D eigenvalue weighted by Gasteiger charge is 2.17. The fraction of sp³-hybridized carbons (Fsp3) is 0.278. The maximum Gasteiger partial charge on any atom is 0.254 e. The third kappa shape index (κ3) is 3.67. The Morgan fingerprint density at radius 3 is 2.48 bits per heavy atom. The summed E-state index contributed by atoms with van der Waals surface area (Å²) in [4.78, 5) is 14.4. The molecule has 1 aliphatic heterocycles. The van der Waals surface area contributed by atoms with Gasteiger partial charge in [0.2, 0.25) is 0 Å². The number of hydrogen-bond donors (Lipinski definition) is 0. The minimum Gasteiger partial charge on any atom is -0.486 e. The van der Waals surface area contributed by atoms with Crippen LogP contribution in [0.1, 0.15) is 22.8 Å². The second kappa shape index (κ2) is 7.04.